The van der Waals surface area contributed by atoms with Gasteiger partial charge < -0.3 is 5.32 Å². The van der Waals surface area contributed by atoms with Crippen molar-refractivity contribution in [1.29, 1.82) is 0 Å². The molecular formula is C16H17N3O2S. The number of nitrogens with one attached hydrogen (secondary N) is 2. The number of amides is 2. The summed E-state index contributed by atoms with van der Waals surface area (Å²) in [6.45, 7) is 1.88. The van der Waals surface area contributed by atoms with E-state index in [2.05, 4.69) is 15.8 Å². The molecule has 0 bridgehead atoms. The van der Waals surface area contributed by atoms with Gasteiger partial charge in [0.1, 0.15) is 0 Å². The Kier molecular flexibility index (Phi) is 5.85. The lowest BCUT2D eigenvalue weighted by molar-refractivity contribution is -0.125. The maximum Gasteiger partial charge on any atom is 0.259 e. The number of carbonyl (C=O) groups is 2. The number of benzene rings is 1. The van der Waals surface area contributed by atoms with E-state index in [-0.39, 0.29) is 24.8 Å². The van der Waals surface area contributed by atoms with Gasteiger partial charge in [-0.15, -0.1) is 11.3 Å². The number of hydrogen-bond acceptors (Lipinski definition) is 4. The number of hydrazone groups is 1. The van der Waals surface area contributed by atoms with Crippen molar-refractivity contribution in [3.63, 3.8) is 0 Å². The summed E-state index contributed by atoms with van der Waals surface area (Å²) >= 11 is 1.55. The Morgan fingerprint density at radius 3 is 2.64 bits per heavy atom. The minimum absolute atomic E-state index is 0.0908. The van der Waals surface area contributed by atoms with Crippen LogP contribution in [0.5, 0.6) is 0 Å². The van der Waals surface area contributed by atoms with Crippen molar-refractivity contribution in [3.8, 4) is 0 Å². The second-order valence-electron chi connectivity index (χ2n) is 4.70. The summed E-state index contributed by atoms with van der Waals surface area (Å²) in [5, 5.41) is 8.40. The molecular weight excluding hydrogens is 298 g/mol. The molecule has 6 heteroatoms. The average molecular weight is 315 g/mol. The zero-order valence-electron chi connectivity index (χ0n) is 12.2. The van der Waals surface area contributed by atoms with Crippen molar-refractivity contribution in [3.05, 3.63) is 57.8 Å². The first-order chi connectivity index (χ1) is 10.6. The van der Waals surface area contributed by atoms with E-state index in [1.807, 2.05) is 48.7 Å². The van der Waals surface area contributed by atoms with Crippen LogP contribution < -0.4 is 10.7 Å². The third-order valence-corrected chi connectivity index (χ3v) is 3.88. The van der Waals surface area contributed by atoms with Crippen LogP contribution >= 0.6 is 11.3 Å². The van der Waals surface area contributed by atoms with Crippen molar-refractivity contribution in [2.24, 2.45) is 5.10 Å². The summed E-state index contributed by atoms with van der Waals surface area (Å²) in [5.74, 6) is -0.550. The Morgan fingerprint density at radius 1 is 1.18 bits per heavy atom. The molecule has 0 unspecified atom stereocenters. The monoisotopic (exact) mass is 315 g/mol. The predicted molar refractivity (Wildman–Crippen MR) is 87.9 cm³/mol. The third kappa shape index (κ3) is 5.14. The lowest BCUT2D eigenvalue weighted by Crippen LogP contribution is -2.35. The summed E-state index contributed by atoms with van der Waals surface area (Å²) in [5.41, 5.74) is 4.41. The van der Waals surface area contributed by atoms with Gasteiger partial charge in [0.2, 0.25) is 5.91 Å². The van der Waals surface area contributed by atoms with Gasteiger partial charge in [-0.3, -0.25) is 9.59 Å². The van der Waals surface area contributed by atoms with Gasteiger partial charge in [-0.05, 0) is 29.5 Å². The highest BCUT2D eigenvalue weighted by molar-refractivity contribution is 7.11. The molecule has 22 heavy (non-hydrogen) atoms. The van der Waals surface area contributed by atoms with E-state index >= 15 is 0 Å². The fraction of sp³-hybridized carbons (Fsp3) is 0.188. The van der Waals surface area contributed by atoms with E-state index < -0.39 is 0 Å². The summed E-state index contributed by atoms with van der Waals surface area (Å²) in [4.78, 5) is 24.3. The SMILES string of the molecule is Cc1ccsc1/C=N/NC(=O)CNC(=O)Cc1ccccc1. The highest BCUT2D eigenvalue weighted by Gasteiger charge is 2.05. The summed E-state index contributed by atoms with van der Waals surface area (Å²) < 4.78 is 0. The van der Waals surface area contributed by atoms with Crippen molar-refractivity contribution < 1.29 is 9.59 Å². The van der Waals surface area contributed by atoms with Crippen molar-refractivity contribution >= 4 is 29.4 Å². The number of hydrogen-bond donors (Lipinski definition) is 2. The highest BCUT2D eigenvalue weighted by Crippen LogP contribution is 2.12. The van der Waals surface area contributed by atoms with E-state index in [1.165, 1.54) is 0 Å². The van der Waals surface area contributed by atoms with Crippen LogP contribution in [0.25, 0.3) is 0 Å². The number of aryl methyl sites for hydroxylation is 1. The van der Waals surface area contributed by atoms with Gasteiger partial charge in [0.15, 0.2) is 0 Å². The molecule has 0 saturated heterocycles. The summed E-state index contributed by atoms with van der Waals surface area (Å²) in [7, 11) is 0. The van der Waals surface area contributed by atoms with Gasteiger partial charge in [0.25, 0.3) is 5.91 Å². The molecule has 114 valence electrons. The van der Waals surface area contributed by atoms with Crippen molar-refractivity contribution in [1.82, 2.24) is 10.7 Å². The molecule has 0 aliphatic carbocycles. The van der Waals surface area contributed by atoms with Gasteiger partial charge in [-0.25, -0.2) is 5.43 Å². The quantitative estimate of drug-likeness (QED) is 0.631. The zero-order valence-corrected chi connectivity index (χ0v) is 13.0. The Balaban J connectivity index is 1.70. The molecule has 2 aromatic rings. The smallest absolute Gasteiger partial charge is 0.259 e. The first-order valence-electron chi connectivity index (χ1n) is 6.82. The largest absolute Gasteiger partial charge is 0.347 e. The molecule has 1 heterocycles. The molecule has 2 N–H and O–H groups in total. The molecule has 0 saturated carbocycles. The molecule has 0 atom stereocenters. The normalized spacial score (nSPS) is 10.6. The predicted octanol–water partition coefficient (Wildman–Crippen LogP) is 1.87. The van der Waals surface area contributed by atoms with Crippen LogP contribution in [0.15, 0.2) is 46.9 Å². The Morgan fingerprint density at radius 2 is 1.95 bits per heavy atom. The zero-order chi connectivity index (χ0) is 15.8. The van der Waals surface area contributed by atoms with Crippen molar-refractivity contribution in [2.75, 3.05) is 6.54 Å². The maximum absolute atomic E-state index is 11.7. The third-order valence-electron chi connectivity index (χ3n) is 2.93. The molecule has 5 nitrogen and oxygen atoms in total. The molecule has 0 fully saturated rings. The molecule has 0 radical (unpaired) electrons. The first kappa shape index (κ1) is 15.9. The minimum atomic E-state index is -0.355. The van der Waals surface area contributed by atoms with Crippen molar-refractivity contribution in [2.45, 2.75) is 13.3 Å². The van der Waals surface area contributed by atoms with Gasteiger partial charge in [-0.2, -0.15) is 5.10 Å². The molecule has 1 aromatic carbocycles. The minimum Gasteiger partial charge on any atom is -0.347 e. The summed E-state index contributed by atoms with van der Waals surface area (Å²) in [6.07, 6.45) is 1.86. The van der Waals surface area contributed by atoms with Gasteiger partial charge in [-0.1, -0.05) is 30.3 Å². The van der Waals surface area contributed by atoms with E-state index in [0.717, 1.165) is 16.0 Å². The van der Waals surface area contributed by atoms with Crippen LogP contribution in [0.1, 0.15) is 16.0 Å². The van der Waals surface area contributed by atoms with Gasteiger partial charge >= 0.3 is 0 Å². The molecule has 2 amide bonds. The van der Waals surface area contributed by atoms with E-state index in [0.29, 0.717) is 0 Å². The van der Waals surface area contributed by atoms with E-state index in [9.17, 15) is 9.59 Å². The topological polar surface area (TPSA) is 70.6 Å². The van der Waals surface area contributed by atoms with Crippen LogP contribution in [-0.2, 0) is 16.0 Å². The Bertz CT molecular complexity index is 665. The second-order valence-corrected chi connectivity index (χ2v) is 5.65. The average Bonchev–Trinajstić information content (AvgIpc) is 2.92. The fourth-order valence-electron chi connectivity index (χ4n) is 1.74. The maximum atomic E-state index is 11.7. The van der Waals surface area contributed by atoms with E-state index in [4.69, 9.17) is 0 Å². The molecule has 0 spiro atoms. The van der Waals surface area contributed by atoms with Crippen LogP contribution in [0.4, 0.5) is 0 Å². The highest BCUT2D eigenvalue weighted by atomic mass is 32.1. The number of rotatable bonds is 6. The second kappa shape index (κ2) is 8.09. The van der Waals surface area contributed by atoms with Gasteiger partial charge in [0, 0.05) is 4.88 Å². The molecule has 2 rings (SSSR count). The number of thiophene rings is 1. The summed E-state index contributed by atoms with van der Waals surface area (Å²) in [6, 6.07) is 11.4. The Labute approximate surface area is 133 Å². The van der Waals surface area contributed by atoms with Crippen LogP contribution in [-0.4, -0.2) is 24.6 Å². The molecule has 0 aliphatic rings. The lowest BCUT2D eigenvalue weighted by Gasteiger charge is -2.04. The molecule has 1 aromatic heterocycles. The van der Waals surface area contributed by atoms with Crippen LogP contribution in [0.3, 0.4) is 0 Å². The number of nitrogens with zero attached hydrogens (tertiary/aromatic N) is 1. The Hall–Kier alpha value is -2.47. The fourth-order valence-corrected chi connectivity index (χ4v) is 2.53. The molecule has 0 aliphatic heterocycles. The van der Waals surface area contributed by atoms with Gasteiger partial charge in [0.05, 0.1) is 19.2 Å². The van der Waals surface area contributed by atoms with Crippen LogP contribution in [0, 0.1) is 6.92 Å². The van der Waals surface area contributed by atoms with E-state index in [1.54, 1.807) is 17.6 Å². The number of carbonyl (C=O) groups excluding carboxylic acids is 2. The first-order valence-corrected chi connectivity index (χ1v) is 7.70. The standard InChI is InChI=1S/C16H17N3O2S/c1-12-7-8-22-14(12)10-18-19-16(21)11-17-15(20)9-13-5-3-2-4-6-13/h2-8,10H,9,11H2,1H3,(H,17,20)(H,19,21)/b18-10+. The lowest BCUT2D eigenvalue weighted by atomic mass is 10.1. The van der Waals surface area contributed by atoms with Crippen LogP contribution in [0.2, 0.25) is 0 Å².